The van der Waals surface area contributed by atoms with Gasteiger partial charge in [0.2, 0.25) is 5.75 Å². The molecule has 0 heterocycles. The third-order valence-corrected chi connectivity index (χ3v) is 4.09. The zero-order chi connectivity index (χ0) is 23.1. The molecule has 12 heteroatoms. The lowest BCUT2D eigenvalue weighted by Crippen LogP contribution is -1.96. The van der Waals surface area contributed by atoms with Crippen LogP contribution in [0.4, 0.5) is 17.1 Å². The lowest BCUT2D eigenvalue weighted by molar-refractivity contribution is -0.394. The van der Waals surface area contributed by atoms with Gasteiger partial charge in [-0.1, -0.05) is 17.3 Å². The zero-order valence-corrected chi connectivity index (χ0v) is 16.2. The molecule has 0 fully saturated rings. The first-order valence-electron chi connectivity index (χ1n) is 8.93. The number of nitro groups is 3. The summed E-state index contributed by atoms with van der Waals surface area (Å²) in [5.74, 6) is 0.138. The second-order valence-electron chi connectivity index (χ2n) is 6.27. The SMILES string of the molecule is O=[N+]([O-])c1cccc(CO/N=C\c2ccc(Oc3ccc([N+](=O)[O-])cc3[N+](=O)[O-])cc2)c1. The van der Waals surface area contributed by atoms with Crippen molar-refractivity contribution >= 4 is 23.3 Å². The van der Waals surface area contributed by atoms with Crippen LogP contribution in [0, 0.1) is 30.3 Å². The fourth-order valence-corrected chi connectivity index (χ4v) is 2.57. The van der Waals surface area contributed by atoms with Crippen molar-refractivity contribution in [1.82, 2.24) is 0 Å². The van der Waals surface area contributed by atoms with E-state index >= 15 is 0 Å². The third kappa shape index (κ3) is 5.60. The van der Waals surface area contributed by atoms with E-state index in [0.717, 1.165) is 18.2 Å². The van der Waals surface area contributed by atoms with Crippen LogP contribution in [0.15, 0.2) is 71.9 Å². The number of hydrogen-bond acceptors (Lipinski definition) is 9. The van der Waals surface area contributed by atoms with Crippen molar-refractivity contribution in [3.05, 3.63) is 108 Å². The van der Waals surface area contributed by atoms with E-state index in [4.69, 9.17) is 9.57 Å². The molecule has 0 unspecified atom stereocenters. The van der Waals surface area contributed by atoms with E-state index in [9.17, 15) is 30.3 Å². The lowest BCUT2D eigenvalue weighted by Gasteiger charge is -2.06. The molecule has 0 spiro atoms. The molecule has 3 rings (SSSR count). The van der Waals surface area contributed by atoms with Crippen LogP contribution in [-0.4, -0.2) is 21.0 Å². The number of oxime groups is 1. The van der Waals surface area contributed by atoms with Crippen LogP contribution in [-0.2, 0) is 11.4 Å². The average molecular weight is 438 g/mol. The molecular formula is C20H14N4O8. The van der Waals surface area contributed by atoms with E-state index in [-0.39, 0.29) is 23.8 Å². The van der Waals surface area contributed by atoms with Crippen molar-refractivity contribution in [3.8, 4) is 11.5 Å². The Morgan fingerprint density at radius 2 is 1.50 bits per heavy atom. The Labute approximate surface area is 179 Å². The first kappa shape index (κ1) is 21.8. The van der Waals surface area contributed by atoms with Crippen LogP contribution in [0.5, 0.6) is 11.5 Å². The van der Waals surface area contributed by atoms with E-state index in [2.05, 4.69) is 5.16 Å². The van der Waals surface area contributed by atoms with Crippen molar-refractivity contribution in [2.45, 2.75) is 6.61 Å². The molecule has 0 atom stereocenters. The Morgan fingerprint density at radius 3 is 2.16 bits per heavy atom. The van der Waals surface area contributed by atoms with Gasteiger partial charge >= 0.3 is 5.69 Å². The number of non-ortho nitro benzene ring substituents is 2. The van der Waals surface area contributed by atoms with Gasteiger partial charge in [-0.05, 0) is 41.5 Å². The minimum Gasteiger partial charge on any atom is -0.450 e. The number of hydrogen-bond donors (Lipinski definition) is 0. The van der Waals surface area contributed by atoms with Gasteiger partial charge in [-0.3, -0.25) is 30.3 Å². The van der Waals surface area contributed by atoms with E-state index in [1.54, 1.807) is 24.3 Å². The number of nitro benzene ring substituents is 3. The molecule has 0 bridgehead atoms. The molecule has 162 valence electrons. The molecule has 0 saturated carbocycles. The number of benzene rings is 3. The molecule has 12 nitrogen and oxygen atoms in total. The highest BCUT2D eigenvalue weighted by Gasteiger charge is 2.21. The predicted molar refractivity (Wildman–Crippen MR) is 112 cm³/mol. The second-order valence-corrected chi connectivity index (χ2v) is 6.27. The monoisotopic (exact) mass is 438 g/mol. The predicted octanol–water partition coefficient (Wildman–Crippen LogP) is 4.75. The molecule has 0 saturated heterocycles. The maximum absolute atomic E-state index is 11.2. The van der Waals surface area contributed by atoms with Gasteiger partial charge in [0.05, 0.1) is 27.1 Å². The molecule has 32 heavy (non-hydrogen) atoms. The maximum atomic E-state index is 11.2. The molecule has 0 amide bonds. The van der Waals surface area contributed by atoms with E-state index in [1.807, 2.05) is 0 Å². The fraction of sp³-hybridized carbons (Fsp3) is 0.0500. The maximum Gasteiger partial charge on any atom is 0.318 e. The van der Waals surface area contributed by atoms with Crippen LogP contribution in [0.1, 0.15) is 11.1 Å². The molecule has 0 aliphatic heterocycles. The molecule has 0 radical (unpaired) electrons. The Morgan fingerprint density at radius 1 is 0.812 bits per heavy atom. The topological polar surface area (TPSA) is 160 Å². The average Bonchev–Trinajstić information content (AvgIpc) is 2.78. The summed E-state index contributed by atoms with van der Waals surface area (Å²) in [5, 5.41) is 36.6. The largest absolute Gasteiger partial charge is 0.450 e. The lowest BCUT2D eigenvalue weighted by atomic mass is 10.2. The smallest absolute Gasteiger partial charge is 0.318 e. The highest BCUT2D eigenvalue weighted by molar-refractivity contribution is 5.79. The van der Waals surface area contributed by atoms with Crippen molar-refractivity contribution in [3.63, 3.8) is 0 Å². The highest BCUT2D eigenvalue weighted by Crippen LogP contribution is 2.34. The Balaban J connectivity index is 1.62. The van der Waals surface area contributed by atoms with Crippen molar-refractivity contribution in [1.29, 1.82) is 0 Å². The number of ether oxygens (including phenoxy) is 1. The van der Waals surface area contributed by atoms with Crippen molar-refractivity contribution < 1.29 is 24.3 Å². The highest BCUT2D eigenvalue weighted by atomic mass is 16.6. The molecule has 0 aliphatic carbocycles. The van der Waals surface area contributed by atoms with E-state index in [1.165, 1.54) is 30.5 Å². The van der Waals surface area contributed by atoms with E-state index in [0.29, 0.717) is 11.1 Å². The Hall–Kier alpha value is -4.87. The van der Waals surface area contributed by atoms with Gasteiger partial charge in [0.15, 0.2) is 0 Å². The summed E-state index contributed by atoms with van der Waals surface area (Å²) >= 11 is 0. The first-order valence-corrected chi connectivity index (χ1v) is 8.93. The van der Waals surface area contributed by atoms with Crippen LogP contribution >= 0.6 is 0 Å². The Kier molecular flexibility index (Phi) is 6.65. The van der Waals surface area contributed by atoms with Gasteiger partial charge in [0.1, 0.15) is 12.4 Å². The van der Waals surface area contributed by atoms with Gasteiger partial charge in [-0.25, -0.2) is 0 Å². The summed E-state index contributed by atoms with van der Waals surface area (Å²) in [6.07, 6.45) is 1.41. The van der Waals surface area contributed by atoms with Crippen molar-refractivity contribution in [2.75, 3.05) is 0 Å². The summed E-state index contributed by atoms with van der Waals surface area (Å²) < 4.78 is 5.48. The summed E-state index contributed by atoms with van der Waals surface area (Å²) in [5.41, 5.74) is 0.235. The normalized spacial score (nSPS) is 10.6. The van der Waals surface area contributed by atoms with Crippen molar-refractivity contribution in [2.24, 2.45) is 5.16 Å². The minimum absolute atomic E-state index is 0.0427. The fourth-order valence-electron chi connectivity index (χ4n) is 2.57. The molecule has 3 aromatic rings. The minimum atomic E-state index is -0.762. The molecular weight excluding hydrogens is 424 g/mol. The zero-order valence-electron chi connectivity index (χ0n) is 16.2. The van der Waals surface area contributed by atoms with Crippen LogP contribution in [0.25, 0.3) is 0 Å². The quantitative estimate of drug-likeness (QED) is 0.262. The van der Waals surface area contributed by atoms with E-state index < -0.39 is 26.1 Å². The number of nitrogens with zero attached hydrogens (tertiary/aromatic N) is 4. The van der Waals surface area contributed by atoms with Gasteiger partial charge in [0.25, 0.3) is 11.4 Å². The van der Waals surface area contributed by atoms with Gasteiger partial charge in [-0.2, -0.15) is 0 Å². The summed E-state index contributed by atoms with van der Waals surface area (Å²) in [4.78, 5) is 35.9. The van der Waals surface area contributed by atoms with Gasteiger partial charge in [-0.15, -0.1) is 0 Å². The summed E-state index contributed by atoms with van der Waals surface area (Å²) in [7, 11) is 0. The molecule has 3 aromatic carbocycles. The molecule has 0 aromatic heterocycles. The van der Waals surface area contributed by atoms with Crippen LogP contribution < -0.4 is 4.74 Å². The van der Waals surface area contributed by atoms with Crippen LogP contribution in [0.2, 0.25) is 0 Å². The molecule has 0 aliphatic rings. The third-order valence-electron chi connectivity index (χ3n) is 4.09. The molecule has 0 N–H and O–H groups in total. The summed E-state index contributed by atoms with van der Waals surface area (Å²) in [6.45, 7) is 0.0448. The van der Waals surface area contributed by atoms with Gasteiger partial charge in [0, 0.05) is 18.2 Å². The standard InChI is InChI=1S/C20H14N4O8/c25-22(26)16-3-1-2-15(10-16)13-31-21-12-14-4-7-18(8-5-14)32-20-9-6-17(23(27)28)11-19(20)24(29)30/h1-12H,13H2/b21-12-. The second kappa shape index (κ2) is 9.75. The number of rotatable bonds is 9. The van der Waals surface area contributed by atoms with Gasteiger partial charge < -0.3 is 9.57 Å². The summed E-state index contributed by atoms with van der Waals surface area (Å²) in [6, 6.07) is 15.4. The Bertz CT molecular complexity index is 1190. The first-order chi connectivity index (χ1) is 15.3. The van der Waals surface area contributed by atoms with Crippen LogP contribution in [0.3, 0.4) is 0 Å².